The number of rotatable bonds is 3. The number of nitrogens with zero attached hydrogens (tertiary/aromatic N) is 1. The van der Waals surface area contributed by atoms with Crippen LogP contribution in [0.5, 0.6) is 5.75 Å². The molecule has 0 spiro atoms. The summed E-state index contributed by atoms with van der Waals surface area (Å²) in [4.78, 5) is 25.0. The van der Waals surface area contributed by atoms with Gasteiger partial charge in [-0.2, -0.15) is 0 Å². The Kier molecular flexibility index (Phi) is 3.50. The number of carbonyl (C=O) groups excluding carboxylic acids is 2. The van der Waals surface area contributed by atoms with Gasteiger partial charge in [-0.1, -0.05) is 12.1 Å². The summed E-state index contributed by atoms with van der Waals surface area (Å²) in [7, 11) is 2.88. The fourth-order valence-corrected chi connectivity index (χ4v) is 2.12. The normalized spacial score (nSPS) is 18.9. The molecule has 0 unspecified atom stereocenters. The Morgan fingerprint density at radius 1 is 1.33 bits per heavy atom. The molecule has 1 atom stereocenters. The minimum atomic E-state index is -0.396. The average Bonchev–Trinajstić information content (AvgIpc) is 2.79. The molecule has 0 aromatic heterocycles. The van der Waals surface area contributed by atoms with Gasteiger partial charge in [-0.05, 0) is 12.1 Å². The van der Waals surface area contributed by atoms with Crippen molar-refractivity contribution in [3.63, 3.8) is 0 Å². The second kappa shape index (κ2) is 5.08. The number of hydrogen-bond donors (Lipinski definition) is 0. The number of esters is 1. The van der Waals surface area contributed by atoms with Crippen molar-refractivity contribution in [2.45, 2.75) is 6.42 Å². The number of para-hydroxylation sites is 2. The molecule has 1 aromatic rings. The lowest BCUT2D eigenvalue weighted by Gasteiger charge is -2.19. The summed E-state index contributed by atoms with van der Waals surface area (Å²) < 4.78 is 9.89. The van der Waals surface area contributed by atoms with Gasteiger partial charge in [0, 0.05) is 13.0 Å². The van der Waals surface area contributed by atoms with E-state index in [0.717, 1.165) is 0 Å². The van der Waals surface area contributed by atoms with Crippen LogP contribution in [0, 0.1) is 5.92 Å². The minimum Gasteiger partial charge on any atom is -0.495 e. The molecule has 2 rings (SSSR count). The monoisotopic (exact) mass is 249 g/mol. The highest BCUT2D eigenvalue weighted by atomic mass is 16.5. The van der Waals surface area contributed by atoms with Crippen LogP contribution in [-0.2, 0) is 14.3 Å². The lowest BCUT2D eigenvalue weighted by molar-refractivity contribution is -0.145. The second-order valence-electron chi connectivity index (χ2n) is 4.10. The Balaban J connectivity index is 2.24. The molecule has 0 aliphatic carbocycles. The number of carbonyl (C=O) groups is 2. The molecule has 1 aliphatic rings. The molecule has 1 fully saturated rings. The first-order valence-corrected chi connectivity index (χ1v) is 5.68. The van der Waals surface area contributed by atoms with Gasteiger partial charge in [-0.3, -0.25) is 9.59 Å². The van der Waals surface area contributed by atoms with E-state index in [1.807, 2.05) is 12.1 Å². The van der Waals surface area contributed by atoms with Crippen molar-refractivity contribution in [1.82, 2.24) is 0 Å². The Labute approximate surface area is 105 Å². The van der Waals surface area contributed by atoms with Gasteiger partial charge < -0.3 is 14.4 Å². The first-order chi connectivity index (χ1) is 8.67. The summed E-state index contributed by atoms with van der Waals surface area (Å²) in [5, 5.41) is 0. The number of hydrogen-bond acceptors (Lipinski definition) is 4. The third-order valence-electron chi connectivity index (χ3n) is 3.04. The molecular formula is C13H15NO4. The SMILES string of the molecule is COC(=O)[C@@H]1CC(=O)N(c2ccccc2OC)C1. The zero-order chi connectivity index (χ0) is 13.1. The maximum absolute atomic E-state index is 11.9. The number of methoxy groups -OCH3 is 2. The van der Waals surface area contributed by atoms with Gasteiger partial charge in [0.05, 0.1) is 25.8 Å². The molecule has 5 nitrogen and oxygen atoms in total. The van der Waals surface area contributed by atoms with Crippen LogP contribution in [0.2, 0.25) is 0 Å². The van der Waals surface area contributed by atoms with Crippen LogP contribution in [0.25, 0.3) is 0 Å². The topological polar surface area (TPSA) is 55.8 Å². The van der Waals surface area contributed by atoms with Gasteiger partial charge in [-0.15, -0.1) is 0 Å². The molecular weight excluding hydrogens is 234 g/mol. The summed E-state index contributed by atoms with van der Waals surface area (Å²) in [5.41, 5.74) is 0.691. The van der Waals surface area contributed by atoms with E-state index >= 15 is 0 Å². The fraction of sp³-hybridized carbons (Fsp3) is 0.385. The Morgan fingerprint density at radius 3 is 2.72 bits per heavy atom. The van der Waals surface area contributed by atoms with Crippen LogP contribution in [0.4, 0.5) is 5.69 Å². The largest absolute Gasteiger partial charge is 0.495 e. The van der Waals surface area contributed by atoms with E-state index in [1.165, 1.54) is 7.11 Å². The highest BCUT2D eigenvalue weighted by Gasteiger charge is 2.36. The van der Waals surface area contributed by atoms with Gasteiger partial charge in [0.25, 0.3) is 0 Å². The van der Waals surface area contributed by atoms with Crippen molar-refractivity contribution in [2.75, 3.05) is 25.7 Å². The molecule has 1 saturated heterocycles. The van der Waals surface area contributed by atoms with E-state index in [1.54, 1.807) is 24.1 Å². The highest BCUT2D eigenvalue weighted by molar-refractivity contribution is 6.00. The molecule has 1 aromatic carbocycles. The van der Waals surface area contributed by atoms with E-state index in [4.69, 9.17) is 4.74 Å². The maximum Gasteiger partial charge on any atom is 0.311 e. The molecule has 1 amide bonds. The van der Waals surface area contributed by atoms with Crippen LogP contribution >= 0.6 is 0 Å². The zero-order valence-electron chi connectivity index (χ0n) is 10.4. The average molecular weight is 249 g/mol. The first-order valence-electron chi connectivity index (χ1n) is 5.68. The van der Waals surface area contributed by atoms with Crippen molar-refractivity contribution >= 4 is 17.6 Å². The predicted octanol–water partition coefficient (Wildman–Crippen LogP) is 1.22. The van der Waals surface area contributed by atoms with E-state index in [0.29, 0.717) is 18.0 Å². The molecule has 0 saturated carbocycles. The molecule has 96 valence electrons. The van der Waals surface area contributed by atoms with Crippen molar-refractivity contribution in [1.29, 1.82) is 0 Å². The van der Waals surface area contributed by atoms with Gasteiger partial charge in [0.1, 0.15) is 5.75 Å². The van der Waals surface area contributed by atoms with E-state index in [-0.39, 0.29) is 18.3 Å². The molecule has 18 heavy (non-hydrogen) atoms. The lowest BCUT2D eigenvalue weighted by atomic mass is 10.1. The quantitative estimate of drug-likeness (QED) is 0.756. The highest BCUT2D eigenvalue weighted by Crippen LogP contribution is 2.32. The number of ether oxygens (including phenoxy) is 2. The number of anilines is 1. The van der Waals surface area contributed by atoms with Crippen molar-refractivity contribution in [3.8, 4) is 5.75 Å². The standard InChI is InChI=1S/C13H15NO4/c1-17-11-6-4-3-5-10(11)14-8-9(7-12(14)15)13(16)18-2/h3-6,9H,7-8H2,1-2H3/t9-/m1/s1. The van der Waals surface area contributed by atoms with E-state index < -0.39 is 5.92 Å². The Hall–Kier alpha value is -2.04. The van der Waals surface area contributed by atoms with Gasteiger partial charge in [0.2, 0.25) is 5.91 Å². The molecule has 0 bridgehead atoms. The third kappa shape index (κ3) is 2.16. The van der Waals surface area contributed by atoms with Crippen LogP contribution < -0.4 is 9.64 Å². The summed E-state index contributed by atoms with van der Waals surface area (Å²) in [6.45, 7) is 0.339. The van der Waals surface area contributed by atoms with Crippen LogP contribution in [-0.4, -0.2) is 32.6 Å². The lowest BCUT2D eigenvalue weighted by Crippen LogP contribution is -2.26. The molecule has 0 N–H and O–H groups in total. The fourth-order valence-electron chi connectivity index (χ4n) is 2.12. The van der Waals surface area contributed by atoms with E-state index in [9.17, 15) is 9.59 Å². The summed E-state index contributed by atoms with van der Waals surface area (Å²) >= 11 is 0. The smallest absolute Gasteiger partial charge is 0.311 e. The van der Waals surface area contributed by atoms with Crippen LogP contribution in [0.15, 0.2) is 24.3 Å². The third-order valence-corrected chi connectivity index (χ3v) is 3.04. The Bertz CT molecular complexity index is 472. The van der Waals surface area contributed by atoms with Gasteiger partial charge in [0.15, 0.2) is 0 Å². The predicted molar refractivity (Wildman–Crippen MR) is 65.5 cm³/mol. The summed E-state index contributed by atoms with van der Waals surface area (Å²) in [6, 6.07) is 7.25. The van der Waals surface area contributed by atoms with Crippen molar-refractivity contribution in [2.24, 2.45) is 5.92 Å². The van der Waals surface area contributed by atoms with Gasteiger partial charge in [-0.25, -0.2) is 0 Å². The number of amides is 1. The zero-order valence-corrected chi connectivity index (χ0v) is 10.4. The minimum absolute atomic E-state index is 0.0881. The van der Waals surface area contributed by atoms with Gasteiger partial charge >= 0.3 is 5.97 Å². The second-order valence-corrected chi connectivity index (χ2v) is 4.10. The molecule has 1 heterocycles. The van der Waals surface area contributed by atoms with Crippen molar-refractivity contribution < 1.29 is 19.1 Å². The molecule has 5 heteroatoms. The molecule has 0 radical (unpaired) electrons. The number of benzene rings is 1. The van der Waals surface area contributed by atoms with Crippen LogP contribution in [0.3, 0.4) is 0 Å². The first kappa shape index (κ1) is 12.4. The Morgan fingerprint density at radius 2 is 2.06 bits per heavy atom. The summed E-state index contributed by atoms with van der Waals surface area (Å²) in [6.07, 6.45) is 0.185. The molecule has 1 aliphatic heterocycles. The van der Waals surface area contributed by atoms with E-state index in [2.05, 4.69) is 4.74 Å². The van der Waals surface area contributed by atoms with Crippen LogP contribution in [0.1, 0.15) is 6.42 Å². The maximum atomic E-state index is 11.9. The van der Waals surface area contributed by atoms with Crippen molar-refractivity contribution in [3.05, 3.63) is 24.3 Å². The summed E-state index contributed by atoms with van der Waals surface area (Å²) in [5.74, 6) is -0.209.